The molecule has 184 valence electrons. The number of hydrogen-bond donors (Lipinski definition) is 1. The van der Waals surface area contributed by atoms with Gasteiger partial charge in [-0.05, 0) is 67.9 Å². The first-order valence-corrected chi connectivity index (χ1v) is 12.9. The van der Waals surface area contributed by atoms with Crippen molar-refractivity contribution in [3.8, 4) is 0 Å². The van der Waals surface area contributed by atoms with Crippen LogP contribution in [0, 0.1) is 5.92 Å². The molecule has 1 atom stereocenters. The van der Waals surface area contributed by atoms with Gasteiger partial charge in [0.1, 0.15) is 0 Å². The number of nitrogens with zero attached hydrogens (tertiary/aromatic N) is 3. The van der Waals surface area contributed by atoms with Gasteiger partial charge in [0, 0.05) is 50.5 Å². The maximum absolute atomic E-state index is 13.0. The predicted molar refractivity (Wildman–Crippen MR) is 136 cm³/mol. The second kappa shape index (κ2) is 10.5. The number of nitrogens with one attached hydrogen (secondary N) is 1. The van der Waals surface area contributed by atoms with Gasteiger partial charge in [0.2, 0.25) is 11.8 Å². The van der Waals surface area contributed by atoms with Crippen LogP contribution in [-0.2, 0) is 9.59 Å². The Hall–Kier alpha value is -3.35. The highest BCUT2D eigenvalue weighted by Crippen LogP contribution is 2.30. The molecule has 1 N–H and O–H groups in total. The summed E-state index contributed by atoms with van der Waals surface area (Å²) in [6.07, 6.45) is 5.29. The minimum Gasteiger partial charge on any atom is -0.372 e. The van der Waals surface area contributed by atoms with Crippen LogP contribution in [0.1, 0.15) is 50.0 Å². The van der Waals surface area contributed by atoms with Crippen molar-refractivity contribution in [1.82, 2.24) is 10.2 Å². The number of hydrogen-bond acceptors (Lipinski definition) is 4. The lowest BCUT2D eigenvalue weighted by atomic mass is 9.90. The number of imide groups is 1. The summed E-state index contributed by atoms with van der Waals surface area (Å²) in [5, 5.41) is 2.44. The first-order valence-electron chi connectivity index (χ1n) is 12.9. The van der Waals surface area contributed by atoms with Crippen LogP contribution >= 0.6 is 0 Å². The summed E-state index contributed by atoms with van der Waals surface area (Å²) in [6, 6.07) is 18.4. The minimum absolute atomic E-state index is 0.135. The molecule has 3 fully saturated rings. The molecule has 0 radical (unpaired) electrons. The molecule has 0 aromatic heterocycles. The average molecular weight is 475 g/mol. The summed E-state index contributed by atoms with van der Waals surface area (Å²) in [7, 11) is 0. The van der Waals surface area contributed by atoms with Crippen LogP contribution in [0.15, 0.2) is 54.6 Å². The quantitative estimate of drug-likeness (QED) is 0.639. The first kappa shape index (κ1) is 23.4. The first-order chi connectivity index (χ1) is 17.1. The number of para-hydroxylation sites is 1. The zero-order valence-corrected chi connectivity index (χ0v) is 20.2. The fourth-order valence-electron chi connectivity index (χ4n) is 5.58. The summed E-state index contributed by atoms with van der Waals surface area (Å²) in [5.41, 5.74) is 3.15. The Labute approximate surface area is 207 Å². The molecule has 4 amide bonds. The van der Waals surface area contributed by atoms with E-state index in [0.717, 1.165) is 69.7 Å². The molecule has 3 aliphatic heterocycles. The lowest BCUT2D eigenvalue weighted by molar-refractivity contribution is -0.134. The average Bonchev–Trinajstić information content (AvgIpc) is 2.89. The number of piperidine rings is 2. The Morgan fingerprint density at radius 3 is 2.26 bits per heavy atom. The van der Waals surface area contributed by atoms with E-state index in [0.29, 0.717) is 18.8 Å². The molecule has 3 aliphatic rings. The summed E-state index contributed by atoms with van der Waals surface area (Å²) in [4.78, 5) is 42.9. The number of anilines is 2. The number of rotatable bonds is 6. The summed E-state index contributed by atoms with van der Waals surface area (Å²) < 4.78 is 0. The van der Waals surface area contributed by atoms with E-state index in [4.69, 9.17) is 0 Å². The van der Waals surface area contributed by atoms with E-state index in [1.165, 1.54) is 5.69 Å². The SMILES string of the molecule is O=C1CCC(c2ccc(N3CCC(CCN4CCCN(c5ccccc5)C4=O)CC3)cc2)C(=O)N1. The minimum atomic E-state index is -0.234. The number of carbonyl (C=O) groups excluding carboxylic acids is 3. The van der Waals surface area contributed by atoms with Crippen LogP contribution in [0.3, 0.4) is 0 Å². The Morgan fingerprint density at radius 1 is 0.800 bits per heavy atom. The number of benzene rings is 2. The largest absolute Gasteiger partial charge is 0.372 e. The number of urea groups is 1. The third-order valence-electron chi connectivity index (χ3n) is 7.70. The van der Waals surface area contributed by atoms with Gasteiger partial charge < -0.3 is 9.80 Å². The van der Waals surface area contributed by atoms with E-state index in [1.54, 1.807) is 0 Å². The number of carbonyl (C=O) groups is 3. The van der Waals surface area contributed by atoms with E-state index in [2.05, 4.69) is 22.3 Å². The molecule has 1 unspecified atom stereocenters. The highest BCUT2D eigenvalue weighted by molar-refractivity contribution is 6.01. The van der Waals surface area contributed by atoms with Gasteiger partial charge in [-0.25, -0.2) is 4.79 Å². The van der Waals surface area contributed by atoms with Crippen molar-refractivity contribution in [2.24, 2.45) is 5.92 Å². The molecule has 5 rings (SSSR count). The zero-order chi connectivity index (χ0) is 24.2. The van der Waals surface area contributed by atoms with Crippen molar-refractivity contribution < 1.29 is 14.4 Å². The molecule has 35 heavy (non-hydrogen) atoms. The fourth-order valence-corrected chi connectivity index (χ4v) is 5.58. The van der Waals surface area contributed by atoms with Crippen LogP contribution in [0.5, 0.6) is 0 Å². The van der Waals surface area contributed by atoms with E-state index in [-0.39, 0.29) is 23.8 Å². The molecule has 7 nitrogen and oxygen atoms in total. The molecule has 2 aromatic rings. The van der Waals surface area contributed by atoms with Crippen LogP contribution in [0.25, 0.3) is 0 Å². The third kappa shape index (κ3) is 5.34. The van der Waals surface area contributed by atoms with Gasteiger partial charge in [0.15, 0.2) is 0 Å². The topological polar surface area (TPSA) is 73.0 Å². The van der Waals surface area contributed by atoms with Crippen molar-refractivity contribution in [3.05, 3.63) is 60.2 Å². The van der Waals surface area contributed by atoms with Crippen molar-refractivity contribution in [2.75, 3.05) is 42.5 Å². The second-order valence-corrected chi connectivity index (χ2v) is 9.92. The number of amides is 4. The Kier molecular flexibility index (Phi) is 7.02. The highest BCUT2D eigenvalue weighted by Gasteiger charge is 2.29. The van der Waals surface area contributed by atoms with Crippen LogP contribution < -0.4 is 15.1 Å². The fraction of sp³-hybridized carbons (Fsp3) is 0.464. The van der Waals surface area contributed by atoms with Gasteiger partial charge in [-0.2, -0.15) is 0 Å². The second-order valence-electron chi connectivity index (χ2n) is 9.92. The molecule has 7 heteroatoms. The summed E-state index contributed by atoms with van der Waals surface area (Å²) >= 11 is 0. The van der Waals surface area contributed by atoms with Crippen molar-refractivity contribution in [3.63, 3.8) is 0 Å². The van der Waals surface area contributed by atoms with Gasteiger partial charge in [0.25, 0.3) is 0 Å². The highest BCUT2D eigenvalue weighted by atomic mass is 16.2. The third-order valence-corrected chi connectivity index (χ3v) is 7.70. The van der Waals surface area contributed by atoms with Crippen LogP contribution in [-0.4, -0.2) is 55.5 Å². The zero-order valence-electron chi connectivity index (χ0n) is 20.2. The molecule has 0 saturated carbocycles. The Balaban J connectivity index is 1.10. The molecule has 0 spiro atoms. The lowest BCUT2D eigenvalue weighted by Crippen LogP contribution is -2.50. The van der Waals surface area contributed by atoms with E-state index in [1.807, 2.05) is 52.3 Å². The van der Waals surface area contributed by atoms with Crippen molar-refractivity contribution >= 4 is 29.2 Å². The Morgan fingerprint density at radius 2 is 1.54 bits per heavy atom. The smallest absolute Gasteiger partial charge is 0.324 e. The van der Waals surface area contributed by atoms with Gasteiger partial charge in [0.05, 0.1) is 5.92 Å². The predicted octanol–water partition coefficient (Wildman–Crippen LogP) is 4.15. The monoisotopic (exact) mass is 474 g/mol. The molecule has 3 saturated heterocycles. The molecule has 3 heterocycles. The van der Waals surface area contributed by atoms with Crippen LogP contribution in [0.2, 0.25) is 0 Å². The summed E-state index contributed by atoms with van der Waals surface area (Å²) in [5.74, 6) is 0.0366. The van der Waals surface area contributed by atoms with E-state index < -0.39 is 0 Å². The molecular weight excluding hydrogens is 440 g/mol. The van der Waals surface area contributed by atoms with E-state index in [9.17, 15) is 14.4 Å². The van der Waals surface area contributed by atoms with Crippen LogP contribution in [0.4, 0.5) is 16.2 Å². The maximum Gasteiger partial charge on any atom is 0.324 e. The van der Waals surface area contributed by atoms with E-state index >= 15 is 0 Å². The molecular formula is C28H34N4O3. The van der Waals surface area contributed by atoms with Gasteiger partial charge in [-0.3, -0.25) is 19.8 Å². The molecule has 0 aliphatic carbocycles. The standard InChI is InChI=1S/C28H34N4O3/c33-26-12-11-25(27(34)29-26)22-7-9-23(10-8-22)30-18-13-21(14-19-30)15-20-31-16-4-17-32(28(31)35)24-5-2-1-3-6-24/h1-3,5-10,21,25H,4,11-20H2,(H,29,33,34). The van der Waals surface area contributed by atoms with Crippen molar-refractivity contribution in [2.45, 2.75) is 44.4 Å². The van der Waals surface area contributed by atoms with Gasteiger partial charge >= 0.3 is 6.03 Å². The van der Waals surface area contributed by atoms with Gasteiger partial charge in [-0.1, -0.05) is 30.3 Å². The summed E-state index contributed by atoms with van der Waals surface area (Å²) in [6.45, 7) is 4.48. The normalized spacial score (nSPS) is 21.9. The lowest BCUT2D eigenvalue weighted by Gasteiger charge is -2.38. The maximum atomic E-state index is 13.0. The molecule has 0 bridgehead atoms. The van der Waals surface area contributed by atoms with Gasteiger partial charge in [-0.15, -0.1) is 0 Å². The molecule has 2 aromatic carbocycles. The van der Waals surface area contributed by atoms with Crippen molar-refractivity contribution in [1.29, 1.82) is 0 Å². The Bertz CT molecular complexity index is 1050.